The third kappa shape index (κ3) is 6.64. The number of amides is 1. The molecule has 0 radical (unpaired) electrons. The predicted molar refractivity (Wildman–Crippen MR) is 175 cm³/mol. The summed E-state index contributed by atoms with van der Waals surface area (Å²) >= 11 is 0. The molecule has 1 atom stereocenters. The fraction of sp³-hybridized carbons (Fsp3) is 0.382. The Labute approximate surface area is 258 Å². The minimum Gasteiger partial charge on any atom is -0.370 e. The number of carbonyl (C=O) groups excluding carboxylic acids is 1. The first-order valence-electron chi connectivity index (χ1n) is 15.4. The number of hydrogen-bond acceptors (Lipinski definition) is 5. The highest BCUT2D eigenvalue weighted by atomic mass is 31.2. The van der Waals surface area contributed by atoms with E-state index in [1.807, 2.05) is 31.2 Å². The third-order valence-corrected chi connectivity index (χ3v) is 9.50. The maximum Gasteiger partial charge on any atom is 0.270 e. The SMILES string of the molecule is C/C=C(/C)c1ccccc1CCNC(=O)c1cc(C2CC2)n2nc(-c3ccc(N4CC[C@@H](NP(C)(C)=O)C4)cc3F)cc2n1. The van der Waals surface area contributed by atoms with Gasteiger partial charge in [-0.1, -0.05) is 30.3 Å². The van der Waals surface area contributed by atoms with Gasteiger partial charge >= 0.3 is 0 Å². The van der Waals surface area contributed by atoms with Crippen molar-refractivity contribution in [2.24, 2.45) is 0 Å². The summed E-state index contributed by atoms with van der Waals surface area (Å²) in [6, 6.07) is 17.2. The lowest BCUT2D eigenvalue weighted by Gasteiger charge is -2.20. The molecule has 1 aliphatic heterocycles. The van der Waals surface area contributed by atoms with Crippen LogP contribution in [-0.4, -0.2) is 59.5 Å². The fourth-order valence-corrected chi connectivity index (χ4v) is 7.13. The zero-order valence-corrected chi connectivity index (χ0v) is 26.7. The van der Waals surface area contributed by atoms with E-state index in [4.69, 9.17) is 5.10 Å². The zero-order valence-electron chi connectivity index (χ0n) is 25.8. The number of aromatic nitrogens is 3. The second-order valence-corrected chi connectivity index (χ2v) is 15.3. The molecule has 0 spiro atoms. The number of nitrogens with one attached hydrogen (secondary N) is 2. The number of benzene rings is 2. The van der Waals surface area contributed by atoms with Crippen LogP contribution in [0, 0.1) is 5.82 Å². The van der Waals surface area contributed by atoms with Gasteiger partial charge in [-0.3, -0.25) is 9.88 Å². The van der Waals surface area contributed by atoms with Crippen LogP contribution < -0.4 is 15.3 Å². The predicted octanol–water partition coefficient (Wildman–Crippen LogP) is 6.51. The molecule has 3 heterocycles. The van der Waals surface area contributed by atoms with Gasteiger partial charge in [-0.15, -0.1) is 0 Å². The Morgan fingerprint density at radius 3 is 2.64 bits per heavy atom. The maximum atomic E-state index is 15.5. The Morgan fingerprint density at radius 2 is 1.91 bits per heavy atom. The minimum absolute atomic E-state index is 0.119. The van der Waals surface area contributed by atoms with Gasteiger partial charge in [0, 0.05) is 67.9 Å². The molecular weight excluding hydrogens is 574 g/mol. The minimum atomic E-state index is -2.34. The van der Waals surface area contributed by atoms with Gasteiger partial charge < -0.3 is 14.8 Å². The molecule has 2 aliphatic rings. The molecule has 2 aromatic carbocycles. The number of anilines is 1. The summed E-state index contributed by atoms with van der Waals surface area (Å²) in [5, 5.41) is 11.0. The summed E-state index contributed by atoms with van der Waals surface area (Å²) in [4.78, 5) is 20.0. The van der Waals surface area contributed by atoms with Gasteiger partial charge in [0.1, 0.15) is 18.8 Å². The average Bonchev–Trinajstić information content (AvgIpc) is 3.59. The van der Waals surface area contributed by atoms with Crippen LogP contribution in [0.15, 0.2) is 60.7 Å². The molecule has 1 saturated carbocycles. The van der Waals surface area contributed by atoms with Crippen molar-refractivity contribution in [2.75, 3.05) is 37.9 Å². The molecule has 6 rings (SSSR count). The van der Waals surface area contributed by atoms with E-state index in [-0.39, 0.29) is 17.8 Å². The molecule has 0 bridgehead atoms. The Balaban J connectivity index is 1.20. The topological polar surface area (TPSA) is 91.6 Å². The molecule has 4 aromatic rings. The first-order chi connectivity index (χ1) is 21.1. The molecule has 44 heavy (non-hydrogen) atoms. The molecule has 2 fully saturated rings. The van der Waals surface area contributed by atoms with E-state index in [2.05, 4.69) is 45.4 Å². The van der Waals surface area contributed by atoms with Crippen molar-refractivity contribution in [2.45, 2.75) is 51.5 Å². The summed E-state index contributed by atoms with van der Waals surface area (Å²) in [6.07, 6.45) is 5.71. The van der Waals surface area contributed by atoms with Crippen LogP contribution in [0.1, 0.15) is 66.3 Å². The second-order valence-electron chi connectivity index (χ2n) is 12.4. The Morgan fingerprint density at radius 1 is 1.11 bits per heavy atom. The highest BCUT2D eigenvalue weighted by Crippen LogP contribution is 2.41. The summed E-state index contributed by atoms with van der Waals surface area (Å²) in [6.45, 7) is 9.52. The lowest BCUT2D eigenvalue weighted by atomic mass is 9.98. The Kier molecular flexibility index (Phi) is 8.44. The maximum absolute atomic E-state index is 15.5. The largest absolute Gasteiger partial charge is 0.370 e. The van der Waals surface area contributed by atoms with Gasteiger partial charge in [-0.25, -0.2) is 13.9 Å². The molecule has 1 aliphatic carbocycles. The molecule has 1 saturated heterocycles. The van der Waals surface area contributed by atoms with Crippen LogP contribution in [0.4, 0.5) is 10.1 Å². The normalized spacial score (nSPS) is 17.4. The van der Waals surface area contributed by atoms with Crippen molar-refractivity contribution < 1.29 is 13.8 Å². The Bertz CT molecular complexity index is 1790. The van der Waals surface area contributed by atoms with Crippen molar-refractivity contribution in [1.29, 1.82) is 0 Å². The molecule has 10 heteroatoms. The molecule has 2 N–H and O–H groups in total. The van der Waals surface area contributed by atoms with Crippen molar-refractivity contribution in [3.8, 4) is 11.3 Å². The molecule has 230 valence electrons. The molecule has 1 amide bonds. The molecule has 2 aromatic heterocycles. The van der Waals surface area contributed by atoms with Crippen LogP contribution in [-0.2, 0) is 11.0 Å². The van der Waals surface area contributed by atoms with Crippen molar-refractivity contribution >= 4 is 30.1 Å². The summed E-state index contributed by atoms with van der Waals surface area (Å²) in [5.74, 6) is -0.284. The highest BCUT2D eigenvalue weighted by Gasteiger charge is 2.30. The van der Waals surface area contributed by atoms with Gasteiger partial charge in [-0.05, 0) is 80.5 Å². The van der Waals surface area contributed by atoms with E-state index < -0.39 is 7.29 Å². The van der Waals surface area contributed by atoms with E-state index in [9.17, 15) is 9.36 Å². The fourth-order valence-electron chi connectivity index (χ4n) is 6.04. The van der Waals surface area contributed by atoms with Crippen molar-refractivity contribution in [1.82, 2.24) is 25.0 Å². The molecule has 8 nitrogen and oxygen atoms in total. The van der Waals surface area contributed by atoms with Gasteiger partial charge in [0.2, 0.25) is 0 Å². The van der Waals surface area contributed by atoms with Crippen LogP contribution in [0.3, 0.4) is 0 Å². The van der Waals surface area contributed by atoms with Crippen molar-refractivity contribution in [3.63, 3.8) is 0 Å². The van der Waals surface area contributed by atoms with Gasteiger partial charge in [0.05, 0.1) is 5.69 Å². The van der Waals surface area contributed by atoms with Gasteiger partial charge in [0.25, 0.3) is 5.91 Å². The smallest absolute Gasteiger partial charge is 0.270 e. The molecule has 0 unspecified atom stereocenters. The summed E-state index contributed by atoms with van der Waals surface area (Å²) < 4.78 is 29.5. The van der Waals surface area contributed by atoms with Crippen LogP contribution in [0.2, 0.25) is 0 Å². The van der Waals surface area contributed by atoms with Crippen LogP contribution in [0.5, 0.6) is 0 Å². The van der Waals surface area contributed by atoms with Gasteiger partial charge in [0.15, 0.2) is 5.65 Å². The van der Waals surface area contributed by atoms with E-state index in [1.54, 1.807) is 36.0 Å². The first kappa shape index (κ1) is 30.2. The van der Waals surface area contributed by atoms with E-state index in [1.165, 1.54) is 16.7 Å². The summed E-state index contributed by atoms with van der Waals surface area (Å²) in [7, 11) is -2.34. The number of nitrogens with zero attached hydrogens (tertiary/aromatic N) is 4. The van der Waals surface area contributed by atoms with Crippen LogP contribution in [0.25, 0.3) is 22.5 Å². The Hall–Kier alpha value is -3.81. The number of carbonyl (C=O) groups is 1. The van der Waals surface area contributed by atoms with E-state index in [0.29, 0.717) is 48.0 Å². The standard InChI is InChI=1S/C34H40FN6O2P/c1-5-22(2)27-9-7-6-8-23(27)14-16-36-34(42)31-19-32(24-10-11-24)41-33(37-31)20-30(38-41)28-13-12-26(18-29(28)35)40-17-15-25(21-40)39-44(3,4)43/h5-9,12-13,18-20,24-25H,10-11,14-17,21H2,1-4H3,(H,36,42)(H,39,43)/b22-5-/t25-/m1/s1. The second kappa shape index (κ2) is 12.3. The average molecular weight is 615 g/mol. The highest BCUT2D eigenvalue weighted by molar-refractivity contribution is 7.60. The summed E-state index contributed by atoms with van der Waals surface area (Å²) in [5.41, 5.74) is 7.06. The quantitative estimate of drug-likeness (QED) is 0.198. The number of halogens is 1. The number of hydrogen-bond donors (Lipinski definition) is 2. The van der Waals surface area contributed by atoms with E-state index in [0.717, 1.165) is 37.2 Å². The lowest BCUT2D eigenvalue weighted by Crippen LogP contribution is -2.30. The van der Waals surface area contributed by atoms with E-state index >= 15 is 4.39 Å². The molecular formula is C34H40FN6O2P. The van der Waals surface area contributed by atoms with Crippen LogP contribution >= 0.6 is 7.29 Å². The van der Waals surface area contributed by atoms with Crippen molar-refractivity contribution in [3.05, 3.63) is 89.0 Å². The van der Waals surface area contributed by atoms with Gasteiger partial charge in [-0.2, -0.15) is 5.10 Å². The number of rotatable bonds is 10. The monoisotopic (exact) mass is 614 g/mol. The lowest BCUT2D eigenvalue weighted by molar-refractivity contribution is 0.0949. The zero-order chi connectivity index (χ0) is 31.0. The third-order valence-electron chi connectivity index (χ3n) is 8.51. The number of allylic oxidation sites excluding steroid dienone is 2. The first-order valence-corrected chi connectivity index (χ1v) is 18.0. The number of fused-ring (bicyclic) bond motifs is 1.